The number of amides is 2. The highest BCUT2D eigenvalue weighted by Gasteiger charge is 2.33. The van der Waals surface area contributed by atoms with Crippen molar-refractivity contribution in [2.45, 2.75) is 44.4 Å². The van der Waals surface area contributed by atoms with Crippen molar-refractivity contribution in [2.75, 3.05) is 13.7 Å². The number of ether oxygens (including phenoxy) is 1. The van der Waals surface area contributed by atoms with Crippen LogP contribution < -0.4 is 21.1 Å². The summed E-state index contributed by atoms with van der Waals surface area (Å²) < 4.78 is 50.6. The SMILES string of the molecule is COc1ccc(-c2nc(C(=O)NCC(=O)NC3CCC3)c([C@H](C)N)o2)c2ccc(C(F)(F)F)nc12. The van der Waals surface area contributed by atoms with Crippen LogP contribution in [0.15, 0.2) is 28.7 Å². The Morgan fingerprint density at radius 3 is 2.57 bits per heavy atom. The molecule has 35 heavy (non-hydrogen) atoms. The second kappa shape index (κ2) is 9.53. The van der Waals surface area contributed by atoms with E-state index in [1.165, 1.54) is 19.2 Å². The van der Waals surface area contributed by atoms with Crippen LogP contribution in [0.2, 0.25) is 0 Å². The number of alkyl halides is 3. The van der Waals surface area contributed by atoms with Crippen LogP contribution in [0, 0.1) is 0 Å². The Morgan fingerprint density at radius 2 is 1.97 bits per heavy atom. The van der Waals surface area contributed by atoms with E-state index in [0.717, 1.165) is 25.3 Å². The molecule has 12 heteroatoms. The highest BCUT2D eigenvalue weighted by Crippen LogP contribution is 2.37. The molecule has 1 aromatic carbocycles. The molecular weight excluding hydrogens is 467 g/mol. The van der Waals surface area contributed by atoms with Crippen molar-refractivity contribution in [3.8, 4) is 17.2 Å². The van der Waals surface area contributed by atoms with E-state index in [1.807, 2.05) is 0 Å². The van der Waals surface area contributed by atoms with Gasteiger partial charge in [0.1, 0.15) is 17.0 Å². The Morgan fingerprint density at radius 1 is 1.23 bits per heavy atom. The number of fused-ring (bicyclic) bond motifs is 1. The topological polar surface area (TPSA) is 132 Å². The monoisotopic (exact) mass is 491 g/mol. The van der Waals surface area contributed by atoms with Gasteiger partial charge in [-0.05, 0) is 50.5 Å². The third kappa shape index (κ3) is 5.06. The number of methoxy groups -OCH3 is 1. The number of carbonyl (C=O) groups excluding carboxylic acids is 2. The molecule has 0 radical (unpaired) electrons. The second-order valence-corrected chi connectivity index (χ2v) is 8.30. The first-order chi connectivity index (χ1) is 16.6. The zero-order valence-electron chi connectivity index (χ0n) is 19.0. The van der Waals surface area contributed by atoms with E-state index in [9.17, 15) is 22.8 Å². The molecule has 1 atom stereocenters. The van der Waals surface area contributed by atoms with Gasteiger partial charge in [-0.2, -0.15) is 13.2 Å². The highest BCUT2D eigenvalue weighted by molar-refractivity contribution is 5.99. The largest absolute Gasteiger partial charge is 0.494 e. The summed E-state index contributed by atoms with van der Waals surface area (Å²) >= 11 is 0. The van der Waals surface area contributed by atoms with Gasteiger partial charge in [-0.3, -0.25) is 9.59 Å². The number of benzene rings is 1. The third-order valence-corrected chi connectivity index (χ3v) is 5.72. The number of pyridine rings is 1. The first kappa shape index (κ1) is 24.5. The molecule has 2 heterocycles. The van der Waals surface area contributed by atoms with Crippen LogP contribution in [0.3, 0.4) is 0 Å². The predicted octanol–water partition coefficient (Wildman–Crippen LogP) is 3.34. The molecule has 4 rings (SSSR count). The first-order valence-electron chi connectivity index (χ1n) is 11.0. The zero-order chi connectivity index (χ0) is 25.3. The molecule has 0 unspecified atom stereocenters. The van der Waals surface area contributed by atoms with Gasteiger partial charge >= 0.3 is 6.18 Å². The molecule has 0 aliphatic heterocycles. The van der Waals surface area contributed by atoms with E-state index >= 15 is 0 Å². The number of aromatic nitrogens is 2. The molecule has 9 nitrogen and oxygen atoms in total. The smallest absolute Gasteiger partial charge is 0.433 e. The summed E-state index contributed by atoms with van der Waals surface area (Å²) in [5.74, 6) is -0.811. The molecular formula is C23H24F3N5O4. The Labute approximate surface area is 198 Å². The van der Waals surface area contributed by atoms with Gasteiger partial charge in [0.15, 0.2) is 11.5 Å². The van der Waals surface area contributed by atoms with Gasteiger partial charge in [-0.25, -0.2) is 9.97 Å². The minimum Gasteiger partial charge on any atom is -0.494 e. The number of rotatable bonds is 7. The molecule has 0 bridgehead atoms. The number of hydrogen-bond donors (Lipinski definition) is 3. The zero-order valence-corrected chi connectivity index (χ0v) is 19.0. The lowest BCUT2D eigenvalue weighted by Crippen LogP contribution is -2.44. The summed E-state index contributed by atoms with van der Waals surface area (Å²) in [4.78, 5) is 32.8. The Hall–Kier alpha value is -3.67. The van der Waals surface area contributed by atoms with Gasteiger partial charge in [-0.1, -0.05) is 0 Å². The fourth-order valence-corrected chi connectivity index (χ4v) is 3.70. The van der Waals surface area contributed by atoms with Crippen LogP contribution >= 0.6 is 0 Å². The standard InChI is InChI=1S/C23H24F3N5O4/c1-11(27)20-19(21(33)28-10-17(32)29-12-4-3-5-12)31-22(35-20)14-6-8-15(34-2)18-13(14)7-9-16(30-18)23(24,25)26/h6-9,11-12H,3-5,10,27H2,1-2H3,(H,28,33)(H,29,32)/t11-/m0/s1. The lowest BCUT2D eigenvalue weighted by molar-refractivity contribution is -0.141. The van der Waals surface area contributed by atoms with Crippen molar-refractivity contribution < 1.29 is 31.9 Å². The van der Waals surface area contributed by atoms with E-state index in [1.54, 1.807) is 13.0 Å². The van der Waals surface area contributed by atoms with Gasteiger partial charge in [0.05, 0.1) is 19.7 Å². The van der Waals surface area contributed by atoms with E-state index in [4.69, 9.17) is 14.9 Å². The summed E-state index contributed by atoms with van der Waals surface area (Å²) in [6, 6.07) is 4.47. The van der Waals surface area contributed by atoms with Crippen molar-refractivity contribution in [2.24, 2.45) is 5.73 Å². The maximum absolute atomic E-state index is 13.2. The number of hydrogen-bond acceptors (Lipinski definition) is 7. The van der Waals surface area contributed by atoms with Crippen molar-refractivity contribution in [1.82, 2.24) is 20.6 Å². The summed E-state index contributed by atoms with van der Waals surface area (Å²) in [5, 5.41) is 5.60. The van der Waals surface area contributed by atoms with Crippen molar-refractivity contribution in [3.63, 3.8) is 0 Å². The summed E-state index contributed by atoms with van der Waals surface area (Å²) in [6.07, 6.45) is -1.76. The molecule has 3 aromatic rings. The van der Waals surface area contributed by atoms with E-state index < -0.39 is 23.8 Å². The Balaban J connectivity index is 1.67. The van der Waals surface area contributed by atoms with E-state index in [2.05, 4.69) is 20.6 Å². The van der Waals surface area contributed by atoms with Crippen LogP contribution in [-0.2, 0) is 11.0 Å². The number of nitrogens with zero attached hydrogens (tertiary/aromatic N) is 2. The van der Waals surface area contributed by atoms with Crippen molar-refractivity contribution in [1.29, 1.82) is 0 Å². The van der Waals surface area contributed by atoms with Crippen LogP contribution in [-0.4, -0.2) is 41.5 Å². The van der Waals surface area contributed by atoms with E-state index in [-0.39, 0.29) is 52.5 Å². The summed E-state index contributed by atoms with van der Waals surface area (Å²) in [7, 11) is 1.32. The van der Waals surface area contributed by atoms with Crippen molar-refractivity contribution in [3.05, 3.63) is 41.4 Å². The van der Waals surface area contributed by atoms with E-state index in [0.29, 0.717) is 5.56 Å². The lowest BCUT2D eigenvalue weighted by atomic mass is 9.93. The number of nitrogens with one attached hydrogen (secondary N) is 2. The van der Waals surface area contributed by atoms with Gasteiger partial charge < -0.3 is 25.5 Å². The van der Waals surface area contributed by atoms with Gasteiger partial charge in [0.2, 0.25) is 11.8 Å². The first-order valence-corrected chi connectivity index (χ1v) is 11.0. The quantitative estimate of drug-likeness (QED) is 0.462. The normalized spacial score (nSPS) is 14.9. The molecule has 0 spiro atoms. The van der Waals surface area contributed by atoms with Crippen LogP contribution in [0.4, 0.5) is 13.2 Å². The molecule has 1 fully saturated rings. The Bertz CT molecular complexity index is 1270. The third-order valence-electron chi connectivity index (χ3n) is 5.72. The molecule has 186 valence electrons. The average Bonchev–Trinajstić information content (AvgIpc) is 3.24. The fourth-order valence-electron chi connectivity index (χ4n) is 3.70. The summed E-state index contributed by atoms with van der Waals surface area (Å²) in [6.45, 7) is 1.35. The predicted molar refractivity (Wildman–Crippen MR) is 120 cm³/mol. The molecule has 1 aliphatic rings. The number of halogens is 3. The Kier molecular flexibility index (Phi) is 6.66. The van der Waals surface area contributed by atoms with Gasteiger partial charge in [0, 0.05) is 17.0 Å². The average molecular weight is 491 g/mol. The summed E-state index contributed by atoms with van der Waals surface area (Å²) in [5.41, 5.74) is 5.03. The fraction of sp³-hybridized carbons (Fsp3) is 0.391. The minimum absolute atomic E-state index is 0.0319. The molecule has 2 aromatic heterocycles. The minimum atomic E-state index is -4.64. The van der Waals surface area contributed by atoms with Crippen molar-refractivity contribution >= 4 is 22.7 Å². The maximum Gasteiger partial charge on any atom is 0.433 e. The van der Waals surface area contributed by atoms with Gasteiger partial charge in [0.25, 0.3) is 5.91 Å². The van der Waals surface area contributed by atoms with Gasteiger partial charge in [-0.15, -0.1) is 0 Å². The molecule has 1 aliphatic carbocycles. The second-order valence-electron chi connectivity index (χ2n) is 8.30. The van der Waals surface area contributed by atoms with Crippen LogP contribution in [0.5, 0.6) is 5.75 Å². The number of nitrogens with two attached hydrogens (primary N) is 1. The van der Waals surface area contributed by atoms with Crippen LogP contribution in [0.25, 0.3) is 22.4 Å². The lowest BCUT2D eigenvalue weighted by Gasteiger charge is -2.26. The molecule has 0 saturated heterocycles. The number of oxazole rings is 1. The molecule has 2 amide bonds. The molecule has 1 saturated carbocycles. The maximum atomic E-state index is 13.2. The van der Waals surface area contributed by atoms with Crippen LogP contribution in [0.1, 0.15) is 54.2 Å². The highest BCUT2D eigenvalue weighted by atomic mass is 19.4. The molecule has 4 N–H and O–H groups in total. The number of carbonyl (C=O) groups is 2.